The Balaban J connectivity index is 2.27. The third kappa shape index (κ3) is 6.13. The predicted octanol–water partition coefficient (Wildman–Crippen LogP) is 1.16. The number of ether oxygens (including phenoxy) is 1. The number of rotatable bonds is 8. The summed E-state index contributed by atoms with van der Waals surface area (Å²) in [7, 11) is -17.4. The van der Waals surface area contributed by atoms with Gasteiger partial charge in [0.15, 0.2) is 12.3 Å². The Kier molecular flexibility index (Phi) is 7.69. The lowest BCUT2D eigenvalue weighted by Crippen LogP contribution is -2.47. The fourth-order valence-electron chi connectivity index (χ4n) is 2.46. The highest BCUT2D eigenvalue weighted by molar-refractivity contribution is 7.71. The molecular formula is C12H15F2N2O12P3S. The van der Waals surface area contributed by atoms with Crippen LogP contribution in [0.15, 0.2) is 12.3 Å². The van der Waals surface area contributed by atoms with Crippen molar-refractivity contribution in [3.63, 3.8) is 0 Å². The third-order valence-electron chi connectivity index (χ3n) is 3.76. The molecular weight excluding hydrogens is 527 g/mol. The van der Waals surface area contributed by atoms with Crippen molar-refractivity contribution in [2.24, 2.45) is 0 Å². The minimum atomic E-state index is -5.90. The van der Waals surface area contributed by atoms with Gasteiger partial charge in [-0.1, -0.05) is 5.92 Å². The van der Waals surface area contributed by atoms with Crippen LogP contribution in [0.25, 0.3) is 0 Å². The van der Waals surface area contributed by atoms with Gasteiger partial charge in [-0.05, 0) is 25.2 Å². The molecule has 0 spiro atoms. The number of aliphatic hydroxyl groups is 1. The summed E-state index contributed by atoms with van der Waals surface area (Å²) >= 11 is 4.93. The Morgan fingerprint density at radius 2 is 1.88 bits per heavy atom. The molecule has 14 nitrogen and oxygen atoms in total. The monoisotopic (exact) mass is 542 g/mol. The Hall–Kier alpha value is -0.950. The van der Waals surface area contributed by atoms with Crippen molar-refractivity contribution in [3.8, 4) is 12.3 Å². The second-order valence-electron chi connectivity index (χ2n) is 6.19. The number of phosphoric acid groups is 3. The van der Waals surface area contributed by atoms with E-state index in [1.807, 2.05) is 0 Å². The van der Waals surface area contributed by atoms with Crippen molar-refractivity contribution in [1.29, 1.82) is 0 Å². The first kappa shape index (κ1) is 27.3. The van der Waals surface area contributed by atoms with Gasteiger partial charge < -0.3 is 29.4 Å². The lowest BCUT2D eigenvalue weighted by molar-refractivity contribution is -0.204. The van der Waals surface area contributed by atoms with Crippen molar-refractivity contribution in [2.75, 3.05) is 6.61 Å². The highest BCUT2D eigenvalue weighted by Crippen LogP contribution is 2.66. The van der Waals surface area contributed by atoms with Crippen molar-refractivity contribution in [2.45, 2.75) is 30.8 Å². The van der Waals surface area contributed by atoms with E-state index in [1.165, 1.54) is 18.9 Å². The number of aliphatic hydroxyl groups excluding tert-OH is 1. The first-order valence-electron chi connectivity index (χ1n) is 7.90. The third-order valence-corrected chi connectivity index (χ3v) is 7.84. The summed E-state index contributed by atoms with van der Waals surface area (Å²) in [5.41, 5.74) is -2.90. The minimum absolute atomic E-state index is 0.323. The topological polar surface area (TPSA) is 207 Å². The summed E-state index contributed by atoms with van der Waals surface area (Å²) < 4.78 is 80.4. The molecule has 1 saturated heterocycles. The van der Waals surface area contributed by atoms with E-state index in [9.17, 15) is 23.7 Å². The number of phosphoric ester groups is 1. The number of alkyl halides is 2. The second kappa shape index (κ2) is 9.01. The van der Waals surface area contributed by atoms with E-state index < -0.39 is 53.9 Å². The molecule has 0 aliphatic carbocycles. The molecule has 3 unspecified atom stereocenters. The smallest absolute Gasteiger partial charge is 0.383 e. The molecule has 0 saturated carbocycles. The van der Waals surface area contributed by atoms with Crippen LogP contribution in [-0.4, -0.2) is 58.5 Å². The molecule has 1 aliphatic heterocycles. The summed E-state index contributed by atoms with van der Waals surface area (Å²) in [6, 6.07) is 1.33. The Morgan fingerprint density at radius 1 is 1.28 bits per heavy atom. The van der Waals surface area contributed by atoms with Crippen molar-refractivity contribution in [3.05, 3.63) is 22.7 Å². The Morgan fingerprint density at radius 3 is 2.38 bits per heavy atom. The maximum Gasteiger partial charge on any atom is 0.490 e. The Labute approximate surface area is 183 Å². The van der Waals surface area contributed by atoms with Crippen LogP contribution in [0.2, 0.25) is 0 Å². The fraction of sp³-hybridized carbons (Fsp3) is 0.500. The van der Waals surface area contributed by atoms with Crippen LogP contribution in [0.5, 0.6) is 0 Å². The van der Waals surface area contributed by atoms with Crippen LogP contribution in [-0.2, 0) is 31.6 Å². The number of hydrogen-bond donors (Lipinski definition) is 5. The lowest BCUT2D eigenvalue weighted by Gasteiger charge is -2.25. The second-order valence-corrected chi connectivity index (χ2v) is 11.0. The molecule has 0 amide bonds. The molecule has 0 bridgehead atoms. The van der Waals surface area contributed by atoms with Gasteiger partial charge in [-0.2, -0.15) is 8.62 Å². The van der Waals surface area contributed by atoms with Gasteiger partial charge in [0.05, 0.1) is 0 Å². The molecule has 1 fully saturated rings. The summed E-state index contributed by atoms with van der Waals surface area (Å²) in [6.07, 6.45) is 1.23. The standard InChI is InChI=1S/C12H15F2N2O12P3S/c1-3-11(13)8(17)12(14,26-9(11)16-5-4-7(2)15-10(16)32)6-25-30(21,22)28-31(23,24)27-29(18,19)20/h1,4-5,8-9,17H,6H2,2H3,(H,21,22)(H,23,24)(H2,18,19,20)/t8?,9-,11-,12-/m1/s1. The van der Waals surface area contributed by atoms with Crippen LogP contribution in [0, 0.1) is 24.0 Å². The summed E-state index contributed by atoms with van der Waals surface area (Å²) in [6.45, 7) is -0.273. The summed E-state index contributed by atoms with van der Waals surface area (Å²) in [5.74, 6) is -2.13. The number of aromatic nitrogens is 2. The van der Waals surface area contributed by atoms with E-state index in [0.717, 1.165) is 10.8 Å². The van der Waals surface area contributed by atoms with E-state index in [2.05, 4.69) is 18.1 Å². The molecule has 2 heterocycles. The van der Waals surface area contributed by atoms with Gasteiger partial charge in [0, 0.05) is 11.9 Å². The van der Waals surface area contributed by atoms with Crippen molar-refractivity contribution in [1.82, 2.24) is 9.55 Å². The average molecular weight is 542 g/mol. The number of aryl methyl sites for hydroxylation is 1. The number of hydrogen-bond acceptors (Lipinski definition) is 10. The van der Waals surface area contributed by atoms with Crippen LogP contribution in [0.1, 0.15) is 11.9 Å². The van der Waals surface area contributed by atoms with Gasteiger partial charge in [-0.3, -0.25) is 9.09 Å². The maximum absolute atomic E-state index is 15.3. The molecule has 2 rings (SSSR count). The number of nitrogens with zero attached hydrogens (tertiary/aromatic N) is 2. The fourth-order valence-corrected chi connectivity index (χ4v) is 5.79. The molecule has 20 heteroatoms. The Bertz CT molecular complexity index is 1140. The van der Waals surface area contributed by atoms with E-state index in [4.69, 9.17) is 38.1 Å². The highest BCUT2D eigenvalue weighted by atomic mass is 32.1. The zero-order chi connectivity index (χ0) is 24.8. The van der Waals surface area contributed by atoms with E-state index in [1.54, 1.807) is 0 Å². The first-order chi connectivity index (χ1) is 14.3. The van der Waals surface area contributed by atoms with Crippen LogP contribution >= 0.6 is 35.7 Å². The molecule has 1 aliphatic rings. The molecule has 5 N–H and O–H groups in total. The zero-order valence-corrected chi connectivity index (χ0v) is 19.1. The van der Waals surface area contributed by atoms with Gasteiger partial charge >= 0.3 is 23.5 Å². The van der Waals surface area contributed by atoms with E-state index in [-0.39, 0.29) is 4.77 Å². The maximum atomic E-state index is 15.3. The van der Waals surface area contributed by atoms with Crippen LogP contribution in [0.3, 0.4) is 0 Å². The van der Waals surface area contributed by atoms with E-state index in [0.29, 0.717) is 5.69 Å². The highest BCUT2D eigenvalue weighted by Gasteiger charge is 2.67. The minimum Gasteiger partial charge on any atom is -0.383 e. The van der Waals surface area contributed by atoms with Gasteiger partial charge in [0.25, 0.3) is 5.85 Å². The quantitative estimate of drug-likeness (QED) is 0.178. The number of terminal acetylenes is 1. The lowest BCUT2D eigenvalue weighted by atomic mass is 9.96. The van der Waals surface area contributed by atoms with E-state index >= 15 is 8.78 Å². The predicted molar refractivity (Wildman–Crippen MR) is 100 cm³/mol. The largest absolute Gasteiger partial charge is 0.490 e. The van der Waals surface area contributed by atoms with Crippen molar-refractivity contribution >= 4 is 35.7 Å². The normalized spacial score (nSPS) is 32.1. The van der Waals surface area contributed by atoms with Gasteiger partial charge in [-0.25, -0.2) is 27.5 Å². The van der Waals surface area contributed by atoms with Crippen LogP contribution in [0.4, 0.5) is 8.78 Å². The van der Waals surface area contributed by atoms with Gasteiger partial charge in [0.2, 0.25) is 10.4 Å². The molecule has 1 aromatic rings. The van der Waals surface area contributed by atoms with Crippen LogP contribution < -0.4 is 0 Å². The average Bonchev–Trinajstić information content (AvgIpc) is 2.80. The zero-order valence-electron chi connectivity index (χ0n) is 15.6. The van der Waals surface area contributed by atoms with Crippen molar-refractivity contribution < 1.29 is 65.0 Å². The number of halogens is 2. The molecule has 1 aromatic heterocycles. The summed E-state index contributed by atoms with van der Waals surface area (Å²) in [4.78, 5) is 39.3. The molecule has 0 aromatic carbocycles. The molecule has 6 atom stereocenters. The molecule has 180 valence electrons. The SMILES string of the molecule is C#C[C@@]1(F)C(O)[C@@](F)(COP(=O)(O)OP(=O)(O)OP(=O)(O)O)O[C@H]1n1ccc(C)nc1=S. The first-order valence-corrected chi connectivity index (χ1v) is 12.8. The summed E-state index contributed by atoms with van der Waals surface area (Å²) in [5, 5.41) is 10.1. The molecule has 32 heavy (non-hydrogen) atoms. The van der Waals surface area contributed by atoms with Gasteiger partial charge in [0.1, 0.15) is 6.61 Å². The van der Waals surface area contributed by atoms with Gasteiger partial charge in [-0.15, -0.1) is 6.42 Å². The molecule has 0 radical (unpaired) electrons.